The first-order valence-electron chi connectivity index (χ1n) is 8.35. The van der Waals surface area contributed by atoms with Crippen LogP contribution in [-0.2, 0) is 4.79 Å². The maximum atomic E-state index is 10.6. The summed E-state index contributed by atoms with van der Waals surface area (Å²) >= 11 is 0. The summed E-state index contributed by atoms with van der Waals surface area (Å²) in [5, 5.41) is 8.78. The third-order valence-corrected chi connectivity index (χ3v) is 6.95. The van der Waals surface area contributed by atoms with Crippen molar-refractivity contribution in [3.05, 3.63) is 0 Å². The second-order valence-corrected chi connectivity index (χ2v) is 8.25. The second-order valence-electron chi connectivity index (χ2n) is 8.25. The molecule has 5 aliphatic rings. The van der Waals surface area contributed by atoms with Gasteiger partial charge in [0, 0.05) is 6.42 Å². The Morgan fingerprint density at radius 3 is 1.95 bits per heavy atom. The van der Waals surface area contributed by atoms with Gasteiger partial charge in [-0.05, 0) is 92.8 Å². The number of aliphatic carboxylic acids is 1. The number of hydrogen-bond donors (Lipinski definition) is 1. The number of carboxylic acid groups (broad SMARTS) is 1. The molecule has 0 heterocycles. The topological polar surface area (TPSA) is 37.3 Å². The molecule has 5 saturated carbocycles. The molecule has 4 bridgehead atoms. The average Bonchev–Trinajstić information content (AvgIpc) is 2.23. The molecule has 0 radical (unpaired) electrons. The van der Waals surface area contributed by atoms with E-state index in [0.717, 1.165) is 36.0 Å². The van der Waals surface area contributed by atoms with Crippen LogP contribution in [-0.4, -0.2) is 11.1 Å². The minimum absolute atomic E-state index is 0.387. The Kier molecular flexibility index (Phi) is 2.72. The van der Waals surface area contributed by atoms with Gasteiger partial charge in [0.1, 0.15) is 0 Å². The van der Waals surface area contributed by atoms with Crippen molar-refractivity contribution in [2.75, 3.05) is 0 Å². The van der Waals surface area contributed by atoms with Gasteiger partial charge in [-0.2, -0.15) is 0 Å². The molecule has 0 aliphatic heterocycles. The highest BCUT2D eigenvalue weighted by Crippen LogP contribution is 2.66. The zero-order valence-electron chi connectivity index (χ0n) is 11.8. The van der Waals surface area contributed by atoms with Gasteiger partial charge in [-0.3, -0.25) is 4.79 Å². The lowest BCUT2D eigenvalue weighted by atomic mass is 9.43. The Labute approximate surface area is 116 Å². The van der Waals surface area contributed by atoms with Crippen molar-refractivity contribution < 1.29 is 9.90 Å². The standard InChI is InChI=1S/C17H26O2/c18-16(19)2-1-11-6-15(7-11)17-8-12-3-13(9-17)5-14(4-12)10-17/h11-15H,1-10H2,(H,18,19). The first kappa shape index (κ1) is 12.2. The van der Waals surface area contributed by atoms with Crippen LogP contribution < -0.4 is 0 Å². The van der Waals surface area contributed by atoms with Crippen LogP contribution in [0, 0.1) is 35.0 Å². The van der Waals surface area contributed by atoms with E-state index < -0.39 is 5.97 Å². The molecule has 1 N–H and O–H groups in total. The molecule has 0 unspecified atom stereocenters. The Hall–Kier alpha value is -0.530. The van der Waals surface area contributed by atoms with E-state index in [4.69, 9.17) is 5.11 Å². The maximum Gasteiger partial charge on any atom is 0.303 e. The summed E-state index contributed by atoms with van der Waals surface area (Å²) in [5.74, 6) is 4.25. The lowest BCUT2D eigenvalue weighted by Gasteiger charge is -2.62. The van der Waals surface area contributed by atoms with Crippen LogP contribution in [0.15, 0.2) is 0 Å². The van der Waals surface area contributed by atoms with Crippen LogP contribution in [0.25, 0.3) is 0 Å². The van der Waals surface area contributed by atoms with E-state index in [1.807, 2.05) is 0 Å². The number of carbonyl (C=O) groups is 1. The molecule has 2 nitrogen and oxygen atoms in total. The van der Waals surface area contributed by atoms with Crippen molar-refractivity contribution in [1.82, 2.24) is 0 Å². The molecule has 5 rings (SSSR count). The fraction of sp³-hybridized carbons (Fsp3) is 0.941. The van der Waals surface area contributed by atoms with Crippen molar-refractivity contribution in [1.29, 1.82) is 0 Å². The molecule has 2 heteroatoms. The molecule has 0 aromatic carbocycles. The van der Waals surface area contributed by atoms with Crippen molar-refractivity contribution in [2.45, 2.75) is 64.2 Å². The molecule has 19 heavy (non-hydrogen) atoms. The van der Waals surface area contributed by atoms with Crippen molar-refractivity contribution >= 4 is 5.97 Å². The first-order valence-corrected chi connectivity index (χ1v) is 8.35. The van der Waals surface area contributed by atoms with E-state index in [0.29, 0.717) is 11.8 Å². The molecule has 0 amide bonds. The third kappa shape index (κ3) is 2.02. The van der Waals surface area contributed by atoms with Crippen molar-refractivity contribution in [2.24, 2.45) is 35.0 Å². The predicted octanol–water partition coefficient (Wildman–Crippen LogP) is 4.09. The molecule has 5 fully saturated rings. The van der Waals surface area contributed by atoms with E-state index in [9.17, 15) is 4.79 Å². The Morgan fingerprint density at radius 2 is 1.47 bits per heavy atom. The van der Waals surface area contributed by atoms with Crippen LogP contribution in [0.1, 0.15) is 64.2 Å². The van der Waals surface area contributed by atoms with Crippen LogP contribution in [0.4, 0.5) is 0 Å². The summed E-state index contributed by atoms with van der Waals surface area (Å²) in [6, 6.07) is 0. The monoisotopic (exact) mass is 262 g/mol. The van der Waals surface area contributed by atoms with Crippen molar-refractivity contribution in [3.63, 3.8) is 0 Å². The normalized spacial score (nSPS) is 51.1. The maximum absolute atomic E-state index is 10.6. The van der Waals surface area contributed by atoms with Crippen LogP contribution in [0.5, 0.6) is 0 Å². The zero-order chi connectivity index (χ0) is 13.0. The molecular weight excluding hydrogens is 236 g/mol. The van der Waals surface area contributed by atoms with Gasteiger partial charge in [-0.25, -0.2) is 0 Å². The highest BCUT2D eigenvalue weighted by Gasteiger charge is 2.56. The van der Waals surface area contributed by atoms with Gasteiger partial charge in [0.15, 0.2) is 0 Å². The fourth-order valence-electron chi connectivity index (χ4n) is 6.48. The van der Waals surface area contributed by atoms with Crippen molar-refractivity contribution in [3.8, 4) is 0 Å². The van der Waals surface area contributed by atoms with Crippen LogP contribution in [0.2, 0.25) is 0 Å². The summed E-state index contributed by atoms with van der Waals surface area (Å²) in [6.07, 6.45) is 13.2. The minimum Gasteiger partial charge on any atom is -0.481 e. The molecule has 0 saturated heterocycles. The number of hydrogen-bond acceptors (Lipinski definition) is 1. The van der Waals surface area contributed by atoms with E-state index in [1.54, 1.807) is 0 Å². The quantitative estimate of drug-likeness (QED) is 0.828. The molecule has 5 aliphatic carbocycles. The van der Waals surface area contributed by atoms with E-state index >= 15 is 0 Å². The van der Waals surface area contributed by atoms with E-state index in [1.165, 1.54) is 51.4 Å². The predicted molar refractivity (Wildman–Crippen MR) is 73.7 cm³/mol. The smallest absolute Gasteiger partial charge is 0.303 e. The van der Waals surface area contributed by atoms with E-state index in [-0.39, 0.29) is 0 Å². The number of rotatable bonds is 4. The van der Waals surface area contributed by atoms with Gasteiger partial charge >= 0.3 is 5.97 Å². The Balaban J connectivity index is 1.37. The van der Waals surface area contributed by atoms with Gasteiger partial charge < -0.3 is 5.11 Å². The van der Waals surface area contributed by atoms with Gasteiger partial charge in [0.05, 0.1) is 0 Å². The van der Waals surface area contributed by atoms with Gasteiger partial charge in [0.25, 0.3) is 0 Å². The van der Waals surface area contributed by atoms with Crippen LogP contribution >= 0.6 is 0 Å². The van der Waals surface area contributed by atoms with Gasteiger partial charge in [-0.15, -0.1) is 0 Å². The largest absolute Gasteiger partial charge is 0.481 e. The summed E-state index contributed by atoms with van der Waals surface area (Å²) in [7, 11) is 0. The average molecular weight is 262 g/mol. The summed E-state index contributed by atoms with van der Waals surface area (Å²) in [5.41, 5.74) is 0.717. The summed E-state index contributed by atoms with van der Waals surface area (Å²) < 4.78 is 0. The SMILES string of the molecule is O=C(O)CCC1CC(C23CC4CC(CC(C4)C2)C3)C1. The Morgan fingerprint density at radius 1 is 0.947 bits per heavy atom. The fourth-order valence-corrected chi connectivity index (χ4v) is 6.48. The molecule has 0 aromatic heterocycles. The molecule has 106 valence electrons. The van der Waals surface area contributed by atoms with Gasteiger partial charge in [-0.1, -0.05) is 0 Å². The molecule has 0 atom stereocenters. The minimum atomic E-state index is -0.613. The highest BCUT2D eigenvalue weighted by molar-refractivity contribution is 5.66. The number of carboxylic acids is 1. The molecular formula is C17H26O2. The summed E-state index contributed by atoms with van der Waals surface area (Å²) in [4.78, 5) is 10.6. The first-order chi connectivity index (χ1) is 9.13. The summed E-state index contributed by atoms with van der Waals surface area (Å²) in [6.45, 7) is 0. The Bertz CT molecular complexity index is 345. The zero-order valence-corrected chi connectivity index (χ0v) is 11.8. The van der Waals surface area contributed by atoms with Gasteiger partial charge in [0.2, 0.25) is 0 Å². The van der Waals surface area contributed by atoms with Crippen LogP contribution in [0.3, 0.4) is 0 Å². The lowest BCUT2D eigenvalue weighted by Crippen LogP contribution is -2.52. The third-order valence-electron chi connectivity index (χ3n) is 6.95. The lowest BCUT2D eigenvalue weighted by molar-refractivity contribution is -0.138. The molecule has 0 aromatic rings. The highest BCUT2D eigenvalue weighted by atomic mass is 16.4. The molecule has 0 spiro atoms. The van der Waals surface area contributed by atoms with E-state index in [2.05, 4.69) is 0 Å². The second kappa shape index (κ2) is 4.23.